The Morgan fingerprint density at radius 1 is 0.912 bits per heavy atom. The van der Waals surface area contributed by atoms with E-state index in [2.05, 4.69) is 5.32 Å². The predicted octanol–water partition coefficient (Wildman–Crippen LogP) is 3.67. The summed E-state index contributed by atoms with van der Waals surface area (Å²) in [5.74, 6) is 2.02. The summed E-state index contributed by atoms with van der Waals surface area (Å²) in [4.78, 5) is 27.9. The number of carbonyl (C=O) groups excluding carboxylic acids is 2. The molecule has 2 amide bonds. The van der Waals surface area contributed by atoms with Crippen LogP contribution in [0.25, 0.3) is 0 Å². The van der Waals surface area contributed by atoms with Crippen molar-refractivity contribution in [2.45, 2.75) is 39.8 Å². The molecule has 0 fully saturated rings. The minimum Gasteiger partial charge on any atom is -0.497 e. The fourth-order valence-corrected chi connectivity index (χ4v) is 3.40. The number of benzene rings is 2. The molecule has 186 valence electrons. The Morgan fingerprint density at radius 3 is 2.09 bits per heavy atom. The van der Waals surface area contributed by atoms with E-state index in [0.29, 0.717) is 41.9 Å². The Labute approximate surface area is 202 Å². The van der Waals surface area contributed by atoms with E-state index in [4.69, 9.17) is 18.9 Å². The molecule has 0 aliphatic heterocycles. The first-order valence-electron chi connectivity index (χ1n) is 11.4. The molecule has 0 saturated carbocycles. The van der Waals surface area contributed by atoms with Crippen molar-refractivity contribution >= 4 is 11.8 Å². The first-order chi connectivity index (χ1) is 16.3. The van der Waals surface area contributed by atoms with E-state index in [-0.39, 0.29) is 25.0 Å². The number of hydrogen-bond donors (Lipinski definition) is 1. The van der Waals surface area contributed by atoms with Crippen LogP contribution in [0.3, 0.4) is 0 Å². The Kier molecular flexibility index (Phi) is 10.5. The van der Waals surface area contributed by atoms with Gasteiger partial charge in [0.2, 0.25) is 5.91 Å². The molecule has 2 rings (SSSR count). The highest BCUT2D eigenvalue weighted by Gasteiger charge is 2.29. The largest absolute Gasteiger partial charge is 0.497 e. The normalized spacial score (nSPS) is 11.5. The molecule has 0 saturated heterocycles. The number of ether oxygens (including phenoxy) is 4. The van der Waals surface area contributed by atoms with E-state index >= 15 is 0 Å². The monoisotopic (exact) mass is 472 g/mol. The third-order valence-electron chi connectivity index (χ3n) is 5.24. The summed E-state index contributed by atoms with van der Waals surface area (Å²) in [6.45, 7) is 6.48. The second-order valence-corrected chi connectivity index (χ2v) is 8.27. The average molecular weight is 473 g/mol. The van der Waals surface area contributed by atoms with Crippen LogP contribution in [-0.2, 0) is 16.1 Å². The average Bonchev–Trinajstić information content (AvgIpc) is 2.85. The summed E-state index contributed by atoms with van der Waals surface area (Å²) in [6.07, 6.45) is 0.465. The highest BCUT2D eigenvalue weighted by atomic mass is 16.5. The maximum absolute atomic E-state index is 13.4. The summed E-state index contributed by atoms with van der Waals surface area (Å²) in [5, 5.41) is 2.95. The first kappa shape index (κ1) is 26.8. The first-order valence-corrected chi connectivity index (χ1v) is 11.4. The molecule has 1 N–H and O–H groups in total. The van der Waals surface area contributed by atoms with Crippen LogP contribution in [0.1, 0.15) is 32.8 Å². The van der Waals surface area contributed by atoms with E-state index in [1.54, 1.807) is 44.4 Å². The molecule has 0 aliphatic carbocycles. The fraction of sp³-hybridized carbons (Fsp3) is 0.462. The van der Waals surface area contributed by atoms with Gasteiger partial charge in [-0.3, -0.25) is 9.59 Å². The van der Waals surface area contributed by atoms with Crippen molar-refractivity contribution in [2.75, 3.05) is 34.5 Å². The number of nitrogens with one attached hydrogen (secondary N) is 1. The highest BCUT2D eigenvalue weighted by molar-refractivity contribution is 5.88. The van der Waals surface area contributed by atoms with Crippen molar-refractivity contribution in [1.82, 2.24) is 10.2 Å². The van der Waals surface area contributed by atoms with E-state index in [9.17, 15) is 9.59 Å². The number of methoxy groups -OCH3 is 3. The van der Waals surface area contributed by atoms with Crippen molar-refractivity contribution in [3.63, 3.8) is 0 Å². The van der Waals surface area contributed by atoms with Gasteiger partial charge in [-0.1, -0.05) is 32.9 Å². The zero-order valence-corrected chi connectivity index (χ0v) is 20.9. The maximum atomic E-state index is 13.4. The van der Waals surface area contributed by atoms with Gasteiger partial charge in [-0.05, 0) is 30.0 Å². The molecular formula is C26H36N2O6. The van der Waals surface area contributed by atoms with Gasteiger partial charge in [-0.25, -0.2) is 0 Å². The second-order valence-electron chi connectivity index (χ2n) is 8.27. The predicted molar refractivity (Wildman–Crippen MR) is 131 cm³/mol. The number of hydrogen-bond acceptors (Lipinski definition) is 6. The molecule has 2 aromatic rings. The van der Waals surface area contributed by atoms with Gasteiger partial charge >= 0.3 is 0 Å². The molecule has 0 unspecified atom stereocenters. The van der Waals surface area contributed by atoms with Crippen molar-refractivity contribution in [2.24, 2.45) is 5.92 Å². The molecule has 2 aromatic carbocycles. The molecule has 8 nitrogen and oxygen atoms in total. The summed E-state index contributed by atoms with van der Waals surface area (Å²) in [6, 6.07) is 11.9. The van der Waals surface area contributed by atoms with E-state index in [1.165, 1.54) is 0 Å². The topological polar surface area (TPSA) is 86.3 Å². The number of nitrogens with zero attached hydrogens (tertiary/aromatic N) is 1. The van der Waals surface area contributed by atoms with Crippen LogP contribution in [0.4, 0.5) is 0 Å². The molecule has 0 aliphatic rings. The maximum Gasteiger partial charge on any atom is 0.261 e. The van der Waals surface area contributed by atoms with Crippen LogP contribution < -0.4 is 24.3 Å². The molecule has 0 radical (unpaired) electrons. The van der Waals surface area contributed by atoms with Gasteiger partial charge in [-0.2, -0.15) is 0 Å². The van der Waals surface area contributed by atoms with Gasteiger partial charge in [-0.15, -0.1) is 0 Å². The molecule has 0 spiro atoms. The van der Waals surface area contributed by atoms with Crippen LogP contribution in [0.15, 0.2) is 42.5 Å². The molecule has 1 atom stereocenters. The summed E-state index contributed by atoms with van der Waals surface area (Å²) in [5.41, 5.74) is 0.853. The van der Waals surface area contributed by atoms with Crippen LogP contribution in [0.5, 0.6) is 23.0 Å². The highest BCUT2D eigenvalue weighted by Crippen LogP contribution is 2.27. The lowest BCUT2D eigenvalue weighted by Gasteiger charge is -2.31. The van der Waals surface area contributed by atoms with Crippen molar-refractivity contribution in [1.29, 1.82) is 0 Å². The molecule has 0 aromatic heterocycles. The van der Waals surface area contributed by atoms with Crippen LogP contribution in [-0.4, -0.2) is 57.2 Å². The zero-order valence-electron chi connectivity index (χ0n) is 20.9. The minimum atomic E-state index is -0.638. The molecule has 8 heteroatoms. The number of carbonyl (C=O) groups is 2. The van der Waals surface area contributed by atoms with Crippen molar-refractivity contribution < 1.29 is 28.5 Å². The standard InChI is InChI=1S/C26H36N2O6/c1-7-24(26(30)27-15-18(2)3)28(16-19-9-8-10-20(11-19)31-4)25(29)17-34-23-13-21(32-5)12-22(14-23)33-6/h8-14,18,24H,7,15-17H2,1-6H3,(H,27,30)/t24-/m0/s1. The van der Waals surface area contributed by atoms with Gasteiger partial charge in [0, 0.05) is 31.3 Å². The Bertz CT molecular complexity index is 924. The quantitative estimate of drug-likeness (QED) is 0.479. The lowest BCUT2D eigenvalue weighted by atomic mass is 10.1. The zero-order chi connectivity index (χ0) is 25.1. The summed E-state index contributed by atoms with van der Waals surface area (Å²) in [7, 11) is 4.68. The number of amides is 2. The smallest absolute Gasteiger partial charge is 0.261 e. The number of rotatable bonds is 13. The third kappa shape index (κ3) is 7.86. The fourth-order valence-electron chi connectivity index (χ4n) is 3.40. The lowest BCUT2D eigenvalue weighted by Crippen LogP contribution is -2.50. The van der Waals surface area contributed by atoms with Gasteiger partial charge in [0.1, 0.15) is 29.0 Å². The SMILES string of the molecule is CC[C@@H](C(=O)NCC(C)C)N(Cc1cccc(OC)c1)C(=O)COc1cc(OC)cc(OC)c1. The molecule has 0 bridgehead atoms. The Morgan fingerprint density at radius 2 is 1.53 bits per heavy atom. The van der Waals surface area contributed by atoms with Crippen molar-refractivity contribution in [3.05, 3.63) is 48.0 Å². The van der Waals surface area contributed by atoms with Crippen LogP contribution in [0, 0.1) is 5.92 Å². The molecular weight excluding hydrogens is 436 g/mol. The van der Waals surface area contributed by atoms with Gasteiger partial charge < -0.3 is 29.2 Å². The third-order valence-corrected chi connectivity index (χ3v) is 5.24. The molecule has 34 heavy (non-hydrogen) atoms. The van der Waals surface area contributed by atoms with E-state index in [1.807, 2.05) is 45.0 Å². The van der Waals surface area contributed by atoms with Gasteiger partial charge in [0.25, 0.3) is 5.91 Å². The lowest BCUT2D eigenvalue weighted by molar-refractivity contribution is -0.143. The Balaban J connectivity index is 2.26. The van der Waals surface area contributed by atoms with Crippen LogP contribution >= 0.6 is 0 Å². The van der Waals surface area contributed by atoms with Gasteiger partial charge in [0.15, 0.2) is 6.61 Å². The summed E-state index contributed by atoms with van der Waals surface area (Å²) >= 11 is 0. The molecule has 0 heterocycles. The van der Waals surface area contributed by atoms with E-state index in [0.717, 1.165) is 5.56 Å². The summed E-state index contributed by atoms with van der Waals surface area (Å²) < 4.78 is 21.6. The minimum absolute atomic E-state index is 0.185. The van der Waals surface area contributed by atoms with Gasteiger partial charge in [0.05, 0.1) is 21.3 Å². The second kappa shape index (κ2) is 13.3. The Hall–Kier alpha value is -3.42. The van der Waals surface area contributed by atoms with Crippen molar-refractivity contribution in [3.8, 4) is 23.0 Å². The van der Waals surface area contributed by atoms with Crippen LogP contribution in [0.2, 0.25) is 0 Å². The van der Waals surface area contributed by atoms with E-state index < -0.39 is 6.04 Å².